The molecule has 0 saturated heterocycles. The predicted molar refractivity (Wildman–Crippen MR) is 81.8 cm³/mol. The first-order valence-electron chi connectivity index (χ1n) is 6.63. The largest absolute Gasteiger partial charge is 0.376 e. The molecule has 2 aromatic heterocycles. The summed E-state index contributed by atoms with van der Waals surface area (Å²) in [5.74, 6) is -0.466. The summed E-state index contributed by atoms with van der Waals surface area (Å²) < 4.78 is 12.8. The maximum absolute atomic E-state index is 12.8. The van der Waals surface area contributed by atoms with Gasteiger partial charge in [-0.1, -0.05) is 20.8 Å². The van der Waals surface area contributed by atoms with E-state index in [9.17, 15) is 4.39 Å². The zero-order chi connectivity index (χ0) is 14.9. The lowest BCUT2D eigenvalue weighted by molar-refractivity contribution is 0.584. The number of thiazole rings is 1. The van der Waals surface area contributed by atoms with Crippen molar-refractivity contribution in [1.82, 2.24) is 9.97 Å². The summed E-state index contributed by atoms with van der Waals surface area (Å²) in [4.78, 5) is 9.52. The zero-order valence-electron chi connectivity index (χ0n) is 12.5. The summed E-state index contributed by atoms with van der Waals surface area (Å²) in [6.45, 7) is 10.6. The second-order valence-electron chi connectivity index (χ2n) is 5.95. The third kappa shape index (κ3) is 3.33. The fourth-order valence-corrected chi connectivity index (χ4v) is 3.03. The number of rotatable bonds is 3. The first-order chi connectivity index (χ1) is 9.27. The van der Waals surface area contributed by atoms with E-state index in [4.69, 9.17) is 0 Å². The lowest BCUT2D eigenvalue weighted by Gasteiger charge is -2.15. The Morgan fingerprint density at radius 3 is 2.50 bits per heavy atom. The average molecular weight is 293 g/mol. The Balaban J connectivity index is 2.19. The number of aryl methyl sites for hydroxylation is 1. The van der Waals surface area contributed by atoms with Crippen LogP contribution in [0.5, 0.6) is 0 Å². The van der Waals surface area contributed by atoms with Gasteiger partial charge in [-0.25, -0.2) is 9.97 Å². The van der Waals surface area contributed by atoms with E-state index in [1.165, 1.54) is 17.1 Å². The molecule has 0 aliphatic carbocycles. The molecule has 108 valence electrons. The standard InChI is InChI=1S/C15H20FN3S/c1-9(18-11-6-7-12(16)17-8-11)13-10(2)19-14(20-13)15(3,4)5/h6-9,18H,1-5H3. The molecule has 1 N–H and O–H groups in total. The predicted octanol–water partition coefficient (Wildman–Crippen LogP) is 4.46. The molecule has 2 rings (SSSR count). The van der Waals surface area contributed by atoms with Crippen LogP contribution in [0.4, 0.5) is 10.1 Å². The summed E-state index contributed by atoms with van der Waals surface area (Å²) in [6.07, 6.45) is 1.51. The number of hydrogen-bond donors (Lipinski definition) is 1. The molecule has 0 fully saturated rings. The van der Waals surface area contributed by atoms with E-state index in [2.05, 4.69) is 43.0 Å². The molecule has 0 aliphatic heterocycles. The molecule has 1 atom stereocenters. The van der Waals surface area contributed by atoms with Crippen molar-refractivity contribution < 1.29 is 4.39 Å². The molecule has 2 aromatic rings. The molecule has 0 aliphatic rings. The smallest absolute Gasteiger partial charge is 0.212 e. The van der Waals surface area contributed by atoms with E-state index in [1.807, 2.05) is 6.92 Å². The van der Waals surface area contributed by atoms with Crippen LogP contribution in [0.3, 0.4) is 0 Å². The van der Waals surface area contributed by atoms with Gasteiger partial charge in [0.15, 0.2) is 0 Å². The molecule has 2 heterocycles. The van der Waals surface area contributed by atoms with Gasteiger partial charge in [0.2, 0.25) is 5.95 Å². The molecule has 3 nitrogen and oxygen atoms in total. The van der Waals surface area contributed by atoms with Gasteiger partial charge in [0, 0.05) is 10.3 Å². The normalized spacial score (nSPS) is 13.3. The van der Waals surface area contributed by atoms with E-state index in [-0.39, 0.29) is 11.5 Å². The highest BCUT2D eigenvalue weighted by molar-refractivity contribution is 7.12. The molecule has 0 spiro atoms. The molecule has 0 aromatic carbocycles. The number of pyridine rings is 1. The zero-order valence-corrected chi connectivity index (χ0v) is 13.3. The molecular weight excluding hydrogens is 273 g/mol. The van der Waals surface area contributed by atoms with Gasteiger partial charge in [-0.15, -0.1) is 11.3 Å². The third-order valence-corrected chi connectivity index (χ3v) is 4.74. The number of anilines is 1. The monoisotopic (exact) mass is 293 g/mol. The second kappa shape index (κ2) is 5.48. The minimum Gasteiger partial charge on any atom is -0.376 e. The molecular formula is C15H20FN3S. The van der Waals surface area contributed by atoms with Gasteiger partial charge in [-0.3, -0.25) is 0 Å². The van der Waals surface area contributed by atoms with Crippen molar-refractivity contribution in [2.75, 3.05) is 5.32 Å². The first-order valence-corrected chi connectivity index (χ1v) is 7.45. The molecule has 0 saturated carbocycles. The van der Waals surface area contributed by atoms with Crippen molar-refractivity contribution in [3.63, 3.8) is 0 Å². The molecule has 0 bridgehead atoms. The van der Waals surface area contributed by atoms with Gasteiger partial charge in [0.25, 0.3) is 0 Å². The second-order valence-corrected chi connectivity index (χ2v) is 6.98. The van der Waals surface area contributed by atoms with Gasteiger partial charge in [-0.2, -0.15) is 4.39 Å². The highest BCUT2D eigenvalue weighted by atomic mass is 32.1. The van der Waals surface area contributed by atoms with Crippen LogP contribution < -0.4 is 5.32 Å². The topological polar surface area (TPSA) is 37.8 Å². The van der Waals surface area contributed by atoms with Crippen LogP contribution in [-0.2, 0) is 5.41 Å². The fraction of sp³-hybridized carbons (Fsp3) is 0.467. The first kappa shape index (κ1) is 14.9. The van der Waals surface area contributed by atoms with Crippen LogP contribution in [0.15, 0.2) is 18.3 Å². The van der Waals surface area contributed by atoms with Crippen molar-refractivity contribution in [3.8, 4) is 0 Å². The van der Waals surface area contributed by atoms with E-state index in [1.54, 1.807) is 17.4 Å². The minimum absolute atomic E-state index is 0.0603. The van der Waals surface area contributed by atoms with E-state index in [0.717, 1.165) is 16.4 Å². The van der Waals surface area contributed by atoms with Crippen LogP contribution >= 0.6 is 11.3 Å². The Kier molecular flexibility index (Phi) is 4.09. The average Bonchev–Trinajstić information content (AvgIpc) is 2.74. The lowest BCUT2D eigenvalue weighted by atomic mass is 9.98. The highest BCUT2D eigenvalue weighted by Gasteiger charge is 2.22. The van der Waals surface area contributed by atoms with E-state index >= 15 is 0 Å². The van der Waals surface area contributed by atoms with Crippen molar-refractivity contribution in [1.29, 1.82) is 0 Å². The summed E-state index contributed by atoms with van der Waals surface area (Å²) in [7, 11) is 0. The van der Waals surface area contributed by atoms with Crippen LogP contribution in [0.1, 0.15) is 49.3 Å². The van der Waals surface area contributed by atoms with Crippen molar-refractivity contribution >= 4 is 17.0 Å². The fourth-order valence-electron chi connectivity index (χ4n) is 1.91. The SMILES string of the molecule is Cc1nc(C(C)(C)C)sc1C(C)Nc1ccc(F)nc1. The summed E-state index contributed by atoms with van der Waals surface area (Å²) >= 11 is 1.73. The summed E-state index contributed by atoms with van der Waals surface area (Å²) in [5, 5.41) is 4.47. The number of aromatic nitrogens is 2. The van der Waals surface area contributed by atoms with Crippen LogP contribution in [0, 0.1) is 12.9 Å². The minimum atomic E-state index is -0.466. The molecule has 1 unspecified atom stereocenters. The number of nitrogens with zero attached hydrogens (tertiary/aromatic N) is 2. The van der Waals surface area contributed by atoms with Crippen LogP contribution in [0.25, 0.3) is 0 Å². The van der Waals surface area contributed by atoms with Crippen molar-refractivity contribution in [2.45, 2.75) is 46.1 Å². The van der Waals surface area contributed by atoms with Gasteiger partial charge < -0.3 is 5.32 Å². The van der Waals surface area contributed by atoms with Gasteiger partial charge in [0.1, 0.15) is 0 Å². The summed E-state index contributed by atoms with van der Waals surface area (Å²) in [6, 6.07) is 3.17. The Hall–Kier alpha value is -1.49. The molecule has 0 radical (unpaired) electrons. The maximum atomic E-state index is 12.8. The lowest BCUT2D eigenvalue weighted by Crippen LogP contribution is -2.10. The van der Waals surface area contributed by atoms with Gasteiger partial charge in [0.05, 0.1) is 28.6 Å². The Morgan fingerprint density at radius 2 is 2.00 bits per heavy atom. The van der Waals surface area contributed by atoms with Crippen molar-refractivity contribution in [2.24, 2.45) is 0 Å². The van der Waals surface area contributed by atoms with Crippen LogP contribution in [-0.4, -0.2) is 9.97 Å². The van der Waals surface area contributed by atoms with Crippen LogP contribution in [0.2, 0.25) is 0 Å². The molecule has 0 amide bonds. The third-order valence-electron chi connectivity index (χ3n) is 2.98. The number of nitrogens with one attached hydrogen (secondary N) is 1. The Labute approximate surface area is 123 Å². The summed E-state index contributed by atoms with van der Waals surface area (Å²) in [5.41, 5.74) is 1.92. The Bertz CT molecular complexity index is 584. The maximum Gasteiger partial charge on any atom is 0.212 e. The van der Waals surface area contributed by atoms with Crippen molar-refractivity contribution in [3.05, 3.63) is 39.9 Å². The molecule has 5 heteroatoms. The van der Waals surface area contributed by atoms with Gasteiger partial charge >= 0.3 is 0 Å². The highest BCUT2D eigenvalue weighted by Crippen LogP contribution is 2.33. The van der Waals surface area contributed by atoms with E-state index in [0.29, 0.717) is 0 Å². The number of hydrogen-bond acceptors (Lipinski definition) is 4. The van der Waals surface area contributed by atoms with E-state index < -0.39 is 5.95 Å². The van der Waals surface area contributed by atoms with Gasteiger partial charge in [-0.05, 0) is 26.0 Å². The Morgan fingerprint density at radius 1 is 1.30 bits per heavy atom. The quantitative estimate of drug-likeness (QED) is 0.849. The number of halogens is 1. The molecule has 20 heavy (non-hydrogen) atoms.